The van der Waals surface area contributed by atoms with E-state index in [-0.39, 0.29) is 16.9 Å². The second-order valence-corrected chi connectivity index (χ2v) is 6.95. The van der Waals surface area contributed by atoms with Crippen LogP contribution in [-0.4, -0.2) is 21.9 Å². The summed E-state index contributed by atoms with van der Waals surface area (Å²) in [4.78, 5) is 23.0. The molecule has 0 saturated heterocycles. The predicted molar refractivity (Wildman–Crippen MR) is 91.4 cm³/mol. The van der Waals surface area contributed by atoms with Crippen LogP contribution in [0, 0.1) is 15.5 Å². The van der Waals surface area contributed by atoms with E-state index in [0.717, 1.165) is 36.0 Å². The molecule has 5 nitrogen and oxygen atoms in total. The number of ketones is 1. The largest absolute Gasteiger partial charge is 0.392 e. The van der Waals surface area contributed by atoms with E-state index in [4.69, 9.17) is 0 Å². The zero-order chi connectivity index (χ0) is 17.5. The van der Waals surface area contributed by atoms with Crippen molar-refractivity contribution in [2.45, 2.75) is 45.6 Å². The van der Waals surface area contributed by atoms with Crippen molar-refractivity contribution >= 4 is 17.5 Å². The maximum absolute atomic E-state index is 12.7. The Labute approximate surface area is 140 Å². The highest BCUT2D eigenvalue weighted by Crippen LogP contribution is 2.50. The molecule has 1 aromatic carbocycles. The van der Waals surface area contributed by atoms with Gasteiger partial charge >= 0.3 is 0 Å². The van der Waals surface area contributed by atoms with Gasteiger partial charge in [0.2, 0.25) is 0 Å². The molecule has 3 rings (SSSR count). The summed E-state index contributed by atoms with van der Waals surface area (Å²) in [6, 6.07) is 6.16. The lowest BCUT2D eigenvalue weighted by Gasteiger charge is -2.45. The molecule has 0 amide bonds. The van der Waals surface area contributed by atoms with E-state index < -0.39 is 11.0 Å². The summed E-state index contributed by atoms with van der Waals surface area (Å²) >= 11 is 0. The van der Waals surface area contributed by atoms with Gasteiger partial charge in [-0.15, -0.1) is 0 Å². The van der Waals surface area contributed by atoms with Crippen molar-refractivity contribution in [1.29, 1.82) is 0 Å². The first kappa shape index (κ1) is 16.6. The van der Waals surface area contributed by atoms with Gasteiger partial charge in [-0.2, -0.15) is 0 Å². The first-order chi connectivity index (χ1) is 11.3. The van der Waals surface area contributed by atoms with E-state index in [1.54, 1.807) is 18.2 Å². The first-order valence-corrected chi connectivity index (χ1v) is 8.21. The van der Waals surface area contributed by atoms with Gasteiger partial charge in [0.1, 0.15) is 0 Å². The van der Waals surface area contributed by atoms with Crippen molar-refractivity contribution in [2.24, 2.45) is 5.41 Å². The van der Waals surface area contributed by atoms with Crippen LogP contribution in [0.2, 0.25) is 0 Å². The van der Waals surface area contributed by atoms with Crippen LogP contribution in [0.3, 0.4) is 0 Å². The Balaban J connectivity index is 1.98. The highest BCUT2D eigenvalue weighted by atomic mass is 16.6. The van der Waals surface area contributed by atoms with Crippen molar-refractivity contribution in [3.8, 4) is 0 Å². The third-order valence-corrected chi connectivity index (χ3v) is 5.42. The Bertz CT molecular complexity index is 760. The number of nitro benzene ring substituents is 1. The Morgan fingerprint density at radius 3 is 2.62 bits per heavy atom. The van der Waals surface area contributed by atoms with E-state index in [1.807, 2.05) is 13.8 Å². The minimum atomic E-state index is -0.443. The smallest absolute Gasteiger partial charge is 0.269 e. The summed E-state index contributed by atoms with van der Waals surface area (Å²) < 4.78 is 0. The average molecular weight is 327 g/mol. The lowest BCUT2D eigenvalue weighted by Crippen LogP contribution is -2.42. The van der Waals surface area contributed by atoms with Crippen LogP contribution in [0.5, 0.6) is 0 Å². The van der Waals surface area contributed by atoms with Crippen molar-refractivity contribution in [3.63, 3.8) is 0 Å². The number of nitrogens with zero attached hydrogens (tertiary/aromatic N) is 1. The molecule has 1 fully saturated rings. The average Bonchev–Trinajstić information content (AvgIpc) is 2.55. The molecule has 1 N–H and O–H groups in total. The van der Waals surface area contributed by atoms with Gasteiger partial charge < -0.3 is 5.11 Å². The van der Waals surface area contributed by atoms with Crippen LogP contribution in [0.4, 0.5) is 5.69 Å². The fourth-order valence-corrected chi connectivity index (χ4v) is 3.98. The van der Waals surface area contributed by atoms with Gasteiger partial charge in [-0.25, -0.2) is 0 Å². The molecular weight excluding hydrogens is 306 g/mol. The number of aliphatic hydroxyl groups excluding tert-OH is 1. The molecule has 2 aliphatic rings. The van der Waals surface area contributed by atoms with Gasteiger partial charge in [-0.3, -0.25) is 14.9 Å². The summed E-state index contributed by atoms with van der Waals surface area (Å²) in [7, 11) is 0. The number of non-ortho nitro benzene ring substituents is 1. The van der Waals surface area contributed by atoms with Crippen LogP contribution in [0.15, 0.2) is 41.0 Å². The first-order valence-electron chi connectivity index (χ1n) is 8.21. The molecule has 0 heterocycles. The number of rotatable bonds is 2. The van der Waals surface area contributed by atoms with Crippen molar-refractivity contribution in [3.05, 3.63) is 56.7 Å². The van der Waals surface area contributed by atoms with E-state index >= 15 is 0 Å². The zero-order valence-corrected chi connectivity index (χ0v) is 13.9. The summed E-state index contributed by atoms with van der Waals surface area (Å²) in [5.74, 6) is 0.0231. The quantitative estimate of drug-likeness (QED) is 0.509. The number of benzene rings is 1. The topological polar surface area (TPSA) is 80.4 Å². The molecule has 0 bridgehead atoms. The SMILES string of the molecule is CC1=C2CCC[C@H](O)[C@@]2(C)C/C(=C\c2ccc([N+](=O)[O-])cc2)C1=O. The Morgan fingerprint density at radius 2 is 2.00 bits per heavy atom. The van der Waals surface area contributed by atoms with E-state index in [1.165, 1.54) is 12.1 Å². The van der Waals surface area contributed by atoms with Crippen LogP contribution < -0.4 is 0 Å². The molecule has 0 spiro atoms. The highest BCUT2D eigenvalue weighted by Gasteiger charge is 2.45. The number of fused-ring (bicyclic) bond motifs is 1. The van der Waals surface area contributed by atoms with Crippen molar-refractivity contribution < 1.29 is 14.8 Å². The molecule has 1 saturated carbocycles. The minimum absolute atomic E-state index is 0.0231. The molecule has 126 valence electrons. The predicted octanol–water partition coefficient (Wildman–Crippen LogP) is 3.82. The number of carbonyl (C=O) groups excluding carboxylic acids is 1. The number of nitro groups is 1. The maximum Gasteiger partial charge on any atom is 0.269 e. The van der Waals surface area contributed by atoms with Gasteiger partial charge in [-0.1, -0.05) is 12.5 Å². The van der Waals surface area contributed by atoms with Crippen LogP contribution >= 0.6 is 0 Å². The van der Waals surface area contributed by atoms with Gasteiger partial charge in [0.25, 0.3) is 5.69 Å². The maximum atomic E-state index is 12.7. The molecule has 0 aromatic heterocycles. The fourth-order valence-electron chi connectivity index (χ4n) is 3.98. The van der Waals surface area contributed by atoms with E-state index in [9.17, 15) is 20.0 Å². The van der Waals surface area contributed by atoms with Crippen molar-refractivity contribution in [1.82, 2.24) is 0 Å². The van der Waals surface area contributed by atoms with Gasteiger partial charge in [0.15, 0.2) is 5.78 Å². The number of carbonyl (C=O) groups is 1. The number of allylic oxidation sites excluding steroid dienone is 2. The highest BCUT2D eigenvalue weighted by molar-refractivity contribution is 6.12. The summed E-state index contributed by atoms with van der Waals surface area (Å²) in [6.45, 7) is 3.88. The summed E-state index contributed by atoms with van der Waals surface area (Å²) in [6.07, 6.45) is 4.40. The molecule has 0 radical (unpaired) electrons. The molecular formula is C19H21NO4. The molecule has 24 heavy (non-hydrogen) atoms. The van der Waals surface area contributed by atoms with Gasteiger partial charge in [-0.05, 0) is 62.0 Å². The fraction of sp³-hybridized carbons (Fsp3) is 0.421. The number of Topliss-reactive ketones (excluding diaryl/α,β-unsaturated/α-hetero) is 1. The lowest BCUT2D eigenvalue weighted by atomic mass is 9.61. The summed E-state index contributed by atoms with van der Waals surface area (Å²) in [5.41, 5.74) is 2.90. The van der Waals surface area contributed by atoms with Crippen LogP contribution in [-0.2, 0) is 4.79 Å². The summed E-state index contributed by atoms with van der Waals surface area (Å²) in [5, 5.41) is 21.2. The second-order valence-electron chi connectivity index (χ2n) is 6.95. The standard InChI is InChI=1S/C19H21NO4/c1-12-16-4-3-5-17(21)19(16,2)11-14(18(12)22)10-13-6-8-15(9-7-13)20(23)24/h6-10,17,21H,3-5,11H2,1-2H3/b14-10+/t17-,19-/m0/s1. The van der Waals surface area contributed by atoms with Crippen LogP contribution in [0.1, 0.15) is 45.1 Å². The molecule has 1 aromatic rings. The van der Waals surface area contributed by atoms with Gasteiger partial charge in [0.05, 0.1) is 11.0 Å². The molecule has 2 aliphatic carbocycles. The second kappa shape index (κ2) is 5.98. The number of hydrogen-bond donors (Lipinski definition) is 1. The minimum Gasteiger partial charge on any atom is -0.392 e. The van der Waals surface area contributed by atoms with Crippen LogP contribution in [0.25, 0.3) is 6.08 Å². The third-order valence-electron chi connectivity index (χ3n) is 5.42. The van der Waals surface area contributed by atoms with Crippen molar-refractivity contribution in [2.75, 3.05) is 0 Å². The monoisotopic (exact) mass is 327 g/mol. The lowest BCUT2D eigenvalue weighted by molar-refractivity contribution is -0.384. The Morgan fingerprint density at radius 1 is 1.33 bits per heavy atom. The van der Waals surface area contributed by atoms with E-state index in [2.05, 4.69) is 0 Å². The Kier molecular flexibility index (Phi) is 4.13. The van der Waals surface area contributed by atoms with E-state index in [0.29, 0.717) is 12.0 Å². The molecule has 0 unspecified atom stereocenters. The third kappa shape index (κ3) is 2.69. The number of aliphatic hydroxyl groups is 1. The molecule has 0 aliphatic heterocycles. The molecule has 5 heteroatoms. The normalized spacial score (nSPS) is 28.9. The zero-order valence-electron chi connectivity index (χ0n) is 13.9. The van der Waals surface area contributed by atoms with Gasteiger partial charge in [0, 0.05) is 23.1 Å². The number of hydrogen-bond acceptors (Lipinski definition) is 4. The molecule has 2 atom stereocenters. The Hall–Kier alpha value is -2.27.